The molecule has 6 heteroatoms. The Morgan fingerprint density at radius 3 is 2.65 bits per heavy atom. The Bertz CT molecular complexity index is 662. The minimum absolute atomic E-state index is 0.194. The lowest BCUT2D eigenvalue weighted by atomic mass is 9.97. The van der Waals surface area contributed by atoms with Gasteiger partial charge in [-0.05, 0) is 31.0 Å². The molecule has 0 radical (unpaired) electrons. The molecule has 23 heavy (non-hydrogen) atoms. The third-order valence-electron chi connectivity index (χ3n) is 4.01. The minimum Gasteiger partial charge on any atom is -0.388 e. The fourth-order valence-corrected chi connectivity index (χ4v) is 2.24. The van der Waals surface area contributed by atoms with Gasteiger partial charge >= 0.3 is 0 Å². The quantitative estimate of drug-likeness (QED) is 0.733. The monoisotopic (exact) mass is 316 g/mol. The maximum Gasteiger partial charge on any atom is 0.251 e. The fraction of sp³-hybridized carbons (Fsp3) is 0.412. The third-order valence-corrected chi connectivity index (χ3v) is 4.01. The van der Waals surface area contributed by atoms with Gasteiger partial charge < -0.3 is 15.7 Å². The van der Waals surface area contributed by atoms with Gasteiger partial charge in [-0.2, -0.15) is 5.10 Å². The van der Waals surface area contributed by atoms with Crippen molar-refractivity contribution in [3.63, 3.8) is 0 Å². The second-order valence-corrected chi connectivity index (χ2v) is 5.72. The molecule has 0 aliphatic carbocycles. The van der Waals surface area contributed by atoms with E-state index in [4.69, 9.17) is 0 Å². The van der Waals surface area contributed by atoms with Crippen molar-refractivity contribution in [1.82, 2.24) is 15.1 Å². The highest BCUT2D eigenvalue weighted by Gasteiger charge is 2.23. The number of benzene rings is 1. The van der Waals surface area contributed by atoms with Crippen molar-refractivity contribution in [2.45, 2.75) is 32.3 Å². The Labute approximate surface area is 136 Å². The number of carbonyl (C=O) groups is 1. The van der Waals surface area contributed by atoms with Gasteiger partial charge in [0.25, 0.3) is 5.91 Å². The smallest absolute Gasteiger partial charge is 0.251 e. The SMILES string of the molecule is CCC(O)(CC)CNC(=O)c1cccc(Nc2cnn(C)c2)c1. The Hall–Kier alpha value is -2.34. The number of aliphatic hydroxyl groups is 1. The molecule has 0 saturated carbocycles. The lowest BCUT2D eigenvalue weighted by Crippen LogP contribution is -2.42. The van der Waals surface area contributed by atoms with Gasteiger partial charge in [0, 0.05) is 31.0 Å². The molecule has 3 N–H and O–H groups in total. The van der Waals surface area contributed by atoms with E-state index in [-0.39, 0.29) is 12.5 Å². The van der Waals surface area contributed by atoms with E-state index in [1.807, 2.05) is 39.2 Å². The molecule has 2 aromatic rings. The summed E-state index contributed by atoms with van der Waals surface area (Å²) in [5.74, 6) is -0.194. The molecule has 0 unspecified atom stereocenters. The van der Waals surface area contributed by atoms with Crippen molar-refractivity contribution >= 4 is 17.3 Å². The van der Waals surface area contributed by atoms with Gasteiger partial charge in [0.15, 0.2) is 0 Å². The number of aryl methyl sites for hydroxylation is 1. The summed E-state index contributed by atoms with van der Waals surface area (Å²) >= 11 is 0. The predicted octanol–water partition coefficient (Wildman–Crippen LogP) is 2.44. The zero-order valence-corrected chi connectivity index (χ0v) is 13.8. The summed E-state index contributed by atoms with van der Waals surface area (Å²) in [6, 6.07) is 7.23. The molecule has 0 aliphatic rings. The van der Waals surface area contributed by atoms with Crippen LogP contribution in [0.25, 0.3) is 0 Å². The van der Waals surface area contributed by atoms with Gasteiger partial charge in [-0.25, -0.2) is 0 Å². The standard InChI is InChI=1S/C17H24N4O2/c1-4-17(23,5-2)12-18-16(22)13-7-6-8-14(9-13)20-15-10-19-21(3)11-15/h6-11,20,23H,4-5,12H2,1-3H3,(H,18,22). The van der Waals surface area contributed by atoms with Gasteiger partial charge in [-0.1, -0.05) is 19.9 Å². The van der Waals surface area contributed by atoms with Gasteiger partial charge in [0.2, 0.25) is 0 Å². The van der Waals surface area contributed by atoms with Crippen molar-refractivity contribution < 1.29 is 9.90 Å². The Morgan fingerprint density at radius 1 is 1.30 bits per heavy atom. The average molecular weight is 316 g/mol. The molecule has 124 valence electrons. The van der Waals surface area contributed by atoms with Crippen molar-refractivity contribution in [1.29, 1.82) is 0 Å². The maximum atomic E-state index is 12.3. The van der Waals surface area contributed by atoms with E-state index in [9.17, 15) is 9.90 Å². The molecule has 0 spiro atoms. The lowest BCUT2D eigenvalue weighted by Gasteiger charge is -2.25. The summed E-state index contributed by atoms with van der Waals surface area (Å²) in [7, 11) is 1.84. The number of nitrogens with zero attached hydrogens (tertiary/aromatic N) is 2. The van der Waals surface area contributed by atoms with Crippen LogP contribution < -0.4 is 10.6 Å². The Balaban J connectivity index is 2.02. The number of hydrogen-bond donors (Lipinski definition) is 3. The van der Waals surface area contributed by atoms with Gasteiger partial charge in [0.05, 0.1) is 17.5 Å². The van der Waals surface area contributed by atoms with Gasteiger partial charge in [0.1, 0.15) is 0 Å². The summed E-state index contributed by atoms with van der Waals surface area (Å²) in [6.07, 6.45) is 4.78. The molecular weight excluding hydrogens is 292 g/mol. The van der Waals surface area contributed by atoms with E-state index >= 15 is 0 Å². The summed E-state index contributed by atoms with van der Waals surface area (Å²) in [4.78, 5) is 12.3. The molecule has 0 aliphatic heterocycles. The second kappa shape index (κ2) is 7.28. The summed E-state index contributed by atoms with van der Waals surface area (Å²) in [5.41, 5.74) is 1.37. The van der Waals surface area contributed by atoms with E-state index in [0.717, 1.165) is 11.4 Å². The molecule has 1 amide bonds. The summed E-state index contributed by atoms with van der Waals surface area (Å²) in [6.45, 7) is 4.07. The molecule has 0 bridgehead atoms. The minimum atomic E-state index is -0.846. The predicted molar refractivity (Wildman–Crippen MR) is 90.8 cm³/mol. The number of rotatable bonds is 7. The second-order valence-electron chi connectivity index (χ2n) is 5.72. The van der Waals surface area contributed by atoms with Crippen molar-refractivity contribution in [3.8, 4) is 0 Å². The lowest BCUT2D eigenvalue weighted by molar-refractivity contribution is 0.0314. The Morgan fingerprint density at radius 2 is 2.04 bits per heavy atom. The average Bonchev–Trinajstić information content (AvgIpc) is 2.97. The highest BCUT2D eigenvalue weighted by molar-refractivity contribution is 5.95. The molecule has 0 saturated heterocycles. The molecule has 6 nitrogen and oxygen atoms in total. The van der Waals surface area contributed by atoms with Crippen LogP contribution in [-0.4, -0.2) is 32.9 Å². The van der Waals surface area contributed by atoms with Crippen LogP contribution >= 0.6 is 0 Å². The van der Waals surface area contributed by atoms with Crippen LogP contribution in [0.4, 0.5) is 11.4 Å². The molecule has 0 fully saturated rings. The number of anilines is 2. The van der Waals surface area contributed by atoms with Crippen LogP contribution in [0.15, 0.2) is 36.7 Å². The first kappa shape index (κ1) is 17.0. The first-order valence-electron chi connectivity index (χ1n) is 7.82. The summed E-state index contributed by atoms with van der Waals surface area (Å²) in [5, 5.41) is 20.3. The number of amides is 1. The zero-order valence-electron chi connectivity index (χ0n) is 13.8. The normalized spacial score (nSPS) is 11.3. The zero-order chi connectivity index (χ0) is 16.9. The van der Waals surface area contributed by atoms with Crippen LogP contribution in [0.2, 0.25) is 0 Å². The van der Waals surface area contributed by atoms with Crippen molar-refractivity contribution in [3.05, 3.63) is 42.2 Å². The maximum absolute atomic E-state index is 12.3. The summed E-state index contributed by atoms with van der Waals surface area (Å²) < 4.78 is 1.70. The largest absolute Gasteiger partial charge is 0.388 e. The van der Waals surface area contributed by atoms with E-state index < -0.39 is 5.60 Å². The van der Waals surface area contributed by atoms with Gasteiger partial charge in [-0.3, -0.25) is 9.48 Å². The van der Waals surface area contributed by atoms with E-state index in [2.05, 4.69) is 15.7 Å². The number of hydrogen-bond acceptors (Lipinski definition) is 4. The first-order chi connectivity index (χ1) is 11.0. The van der Waals surface area contributed by atoms with Crippen LogP contribution in [0.1, 0.15) is 37.0 Å². The van der Waals surface area contributed by atoms with E-state index in [1.54, 1.807) is 23.0 Å². The third kappa shape index (κ3) is 4.56. The number of aromatic nitrogens is 2. The fourth-order valence-electron chi connectivity index (χ4n) is 2.24. The van der Waals surface area contributed by atoms with Crippen LogP contribution in [-0.2, 0) is 7.05 Å². The molecule has 1 aromatic heterocycles. The molecule has 2 rings (SSSR count). The molecule has 1 aromatic carbocycles. The molecular formula is C17H24N4O2. The van der Waals surface area contributed by atoms with Crippen LogP contribution in [0, 0.1) is 0 Å². The number of carbonyl (C=O) groups excluding carboxylic acids is 1. The first-order valence-corrected chi connectivity index (χ1v) is 7.82. The van der Waals surface area contributed by atoms with Crippen molar-refractivity contribution in [2.24, 2.45) is 7.05 Å². The Kier molecular flexibility index (Phi) is 5.39. The highest BCUT2D eigenvalue weighted by Crippen LogP contribution is 2.17. The van der Waals surface area contributed by atoms with Crippen LogP contribution in [0.3, 0.4) is 0 Å². The van der Waals surface area contributed by atoms with Crippen molar-refractivity contribution in [2.75, 3.05) is 11.9 Å². The van der Waals surface area contributed by atoms with Crippen LogP contribution in [0.5, 0.6) is 0 Å². The highest BCUT2D eigenvalue weighted by atomic mass is 16.3. The van der Waals surface area contributed by atoms with E-state index in [1.165, 1.54) is 0 Å². The van der Waals surface area contributed by atoms with E-state index in [0.29, 0.717) is 18.4 Å². The topological polar surface area (TPSA) is 79.2 Å². The number of nitrogens with one attached hydrogen (secondary N) is 2. The molecule has 1 heterocycles. The van der Waals surface area contributed by atoms with Gasteiger partial charge in [-0.15, -0.1) is 0 Å². The molecule has 0 atom stereocenters.